The highest BCUT2D eigenvalue weighted by Gasteiger charge is 2.41. The molecule has 2 rings (SSSR count). The van der Waals surface area contributed by atoms with Gasteiger partial charge in [0.2, 0.25) is 0 Å². The first-order valence-corrected chi connectivity index (χ1v) is 14.4. The minimum Gasteiger partial charge on any atom is -0.463 e. The summed E-state index contributed by atoms with van der Waals surface area (Å²) >= 11 is 0. The molecule has 9 heteroatoms. The van der Waals surface area contributed by atoms with Crippen molar-refractivity contribution in [3.8, 4) is 0 Å². The lowest BCUT2D eigenvalue weighted by Gasteiger charge is -2.28. The van der Waals surface area contributed by atoms with Gasteiger partial charge in [0, 0.05) is 6.08 Å². The van der Waals surface area contributed by atoms with Crippen LogP contribution in [0.5, 0.6) is 0 Å². The highest BCUT2D eigenvalue weighted by molar-refractivity contribution is 8.04. The van der Waals surface area contributed by atoms with Crippen LogP contribution >= 0.6 is 0 Å². The predicted molar refractivity (Wildman–Crippen MR) is 132 cm³/mol. The number of ether oxygens (including phenoxy) is 1. The van der Waals surface area contributed by atoms with Gasteiger partial charge in [0.1, 0.15) is 0 Å². The summed E-state index contributed by atoms with van der Waals surface area (Å²) in [4.78, 5) is 11.7. The van der Waals surface area contributed by atoms with Gasteiger partial charge in [0.25, 0.3) is 20.0 Å². The SMILES string of the molecule is CCCCCCCC(/C=C/C(=O)OCC)N(S(=O)(=O)c1ccccc1)S(=O)(=O)c1ccccc1. The van der Waals surface area contributed by atoms with E-state index in [2.05, 4.69) is 6.92 Å². The number of hydrogen-bond donors (Lipinski definition) is 0. The van der Waals surface area contributed by atoms with Gasteiger partial charge >= 0.3 is 5.97 Å². The van der Waals surface area contributed by atoms with Crippen molar-refractivity contribution in [3.05, 3.63) is 72.8 Å². The molecule has 2 aromatic carbocycles. The van der Waals surface area contributed by atoms with Crippen LogP contribution < -0.4 is 0 Å². The Morgan fingerprint density at radius 1 is 0.824 bits per heavy atom. The third kappa shape index (κ3) is 7.51. The van der Waals surface area contributed by atoms with E-state index in [-0.39, 0.29) is 22.8 Å². The first-order chi connectivity index (χ1) is 16.2. The van der Waals surface area contributed by atoms with Crippen LogP contribution in [0.25, 0.3) is 0 Å². The molecule has 0 saturated carbocycles. The Bertz CT molecular complexity index is 1060. The minimum absolute atomic E-state index is 0.143. The zero-order chi connectivity index (χ0) is 25.0. The third-order valence-electron chi connectivity index (χ3n) is 5.17. The van der Waals surface area contributed by atoms with E-state index < -0.39 is 32.1 Å². The molecule has 1 atom stereocenters. The van der Waals surface area contributed by atoms with Crippen molar-refractivity contribution in [2.24, 2.45) is 0 Å². The van der Waals surface area contributed by atoms with Gasteiger partial charge in [0.15, 0.2) is 0 Å². The molecule has 0 fully saturated rings. The van der Waals surface area contributed by atoms with Gasteiger partial charge in [-0.3, -0.25) is 0 Å². The molecule has 34 heavy (non-hydrogen) atoms. The molecular formula is C25H33NO6S2. The summed E-state index contributed by atoms with van der Waals surface area (Å²) in [5, 5.41) is 0. The van der Waals surface area contributed by atoms with E-state index >= 15 is 0 Å². The van der Waals surface area contributed by atoms with Crippen molar-refractivity contribution in [1.29, 1.82) is 0 Å². The van der Waals surface area contributed by atoms with Crippen molar-refractivity contribution in [2.45, 2.75) is 68.2 Å². The molecule has 0 amide bonds. The third-order valence-corrected chi connectivity index (χ3v) is 9.57. The molecular weight excluding hydrogens is 474 g/mol. The highest BCUT2D eigenvalue weighted by Crippen LogP contribution is 2.29. The monoisotopic (exact) mass is 507 g/mol. The van der Waals surface area contributed by atoms with Gasteiger partial charge in [-0.25, -0.2) is 21.6 Å². The van der Waals surface area contributed by atoms with E-state index in [1.54, 1.807) is 19.1 Å². The van der Waals surface area contributed by atoms with Gasteiger partial charge in [-0.2, -0.15) is 0 Å². The molecule has 0 spiro atoms. The van der Waals surface area contributed by atoms with Gasteiger partial charge in [0.05, 0.1) is 22.4 Å². The summed E-state index contributed by atoms with van der Waals surface area (Å²) in [6, 6.07) is 13.8. The Labute approximate surface area is 203 Å². The van der Waals surface area contributed by atoms with Crippen LogP contribution in [0, 0.1) is 0 Å². The molecule has 0 aliphatic carbocycles. The Kier molecular flexibility index (Phi) is 10.9. The van der Waals surface area contributed by atoms with Crippen molar-refractivity contribution in [2.75, 3.05) is 6.61 Å². The summed E-state index contributed by atoms with van der Waals surface area (Å²) < 4.78 is 60.3. The van der Waals surface area contributed by atoms with Crippen molar-refractivity contribution < 1.29 is 26.4 Å². The first-order valence-electron chi connectivity index (χ1n) is 11.5. The number of rotatable bonds is 14. The van der Waals surface area contributed by atoms with Crippen molar-refractivity contribution >= 4 is 26.0 Å². The standard InChI is InChI=1S/C25H33NO6S2/c1-3-5-6-7-10-15-22(20-21-25(27)32-4-2)26(33(28,29)23-16-11-8-12-17-23)34(30,31)24-18-13-9-14-19-24/h8-9,11-14,16-22H,3-7,10,15H2,1-2H3/b21-20+. The lowest BCUT2D eigenvalue weighted by Crippen LogP contribution is -2.43. The maximum atomic E-state index is 13.7. The smallest absolute Gasteiger partial charge is 0.330 e. The first kappa shape index (κ1) is 27.8. The second kappa shape index (κ2) is 13.4. The number of hydrogen-bond acceptors (Lipinski definition) is 6. The van der Waals surface area contributed by atoms with E-state index in [0.717, 1.165) is 31.8 Å². The molecule has 0 bridgehead atoms. The molecule has 0 saturated heterocycles. The molecule has 0 aliphatic heterocycles. The maximum Gasteiger partial charge on any atom is 0.330 e. The quantitative estimate of drug-likeness (QED) is 0.205. The van der Waals surface area contributed by atoms with Crippen LogP contribution in [0.15, 0.2) is 82.6 Å². The van der Waals surface area contributed by atoms with Crippen molar-refractivity contribution in [1.82, 2.24) is 3.71 Å². The van der Waals surface area contributed by atoms with Gasteiger partial charge < -0.3 is 4.74 Å². The Morgan fingerprint density at radius 2 is 1.32 bits per heavy atom. The number of benzene rings is 2. The Balaban J connectivity index is 2.58. The summed E-state index contributed by atoms with van der Waals surface area (Å²) in [7, 11) is -8.94. The molecule has 0 heterocycles. The zero-order valence-corrected chi connectivity index (χ0v) is 21.3. The number of carbonyl (C=O) groups is 1. The average molecular weight is 508 g/mol. The van der Waals surface area contributed by atoms with Crippen LogP contribution in [0.3, 0.4) is 0 Å². The molecule has 2 aromatic rings. The molecule has 0 N–H and O–H groups in total. The minimum atomic E-state index is -4.47. The topological polar surface area (TPSA) is 97.8 Å². The Morgan fingerprint density at radius 3 is 1.79 bits per heavy atom. The molecule has 0 radical (unpaired) electrons. The fourth-order valence-electron chi connectivity index (χ4n) is 3.49. The Hall–Kier alpha value is -2.49. The van der Waals surface area contributed by atoms with E-state index in [0.29, 0.717) is 10.1 Å². The van der Waals surface area contributed by atoms with Gasteiger partial charge in [-0.1, -0.05) is 85.2 Å². The van der Waals surface area contributed by atoms with E-state index in [4.69, 9.17) is 4.74 Å². The lowest BCUT2D eigenvalue weighted by molar-refractivity contribution is -0.137. The van der Waals surface area contributed by atoms with Crippen LogP contribution in [0.4, 0.5) is 0 Å². The maximum absolute atomic E-state index is 13.7. The van der Waals surface area contributed by atoms with Crippen LogP contribution in [0.1, 0.15) is 52.4 Å². The van der Waals surface area contributed by atoms with Crippen LogP contribution in [-0.2, 0) is 29.6 Å². The zero-order valence-electron chi connectivity index (χ0n) is 19.7. The predicted octanol–water partition coefficient (Wildman–Crippen LogP) is 4.91. The summed E-state index contributed by atoms with van der Waals surface area (Å²) in [5.41, 5.74) is 0. The van der Waals surface area contributed by atoms with E-state index in [1.165, 1.54) is 54.6 Å². The second-order valence-electron chi connectivity index (χ2n) is 7.74. The number of esters is 1. The summed E-state index contributed by atoms with van der Waals surface area (Å²) in [6.45, 7) is 3.90. The average Bonchev–Trinajstić information content (AvgIpc) is 2.83. The highest BCUT2D eigenvalue weighted by atomic mass is 32.3. The van der Waals surface area contributed by atoms with E-state index in [1.807, 2.05) is 0 Å². The second-order valence-corrected chi connectivity index (χ2v) is 11.6. The number of nitrogens with zero attached hydrogens (tertiary/aromatic N) is 1. The number of unbranched alkanes of at least 4 members (excludes halogenated alkanes) is 4. The largest absolute Gasteiger partial charge is 0.463 e. The number of carbonyl (C=O) groups excluding carboxylic acids is 1. The van der Waals surface area contributed by atoms with Crippen LogP contribution in [-0.4, -0.2) is 39.2 Å². The molecule has 1 unspecified atom stereocenters. The van der Waals surface area contributed by atoms with Gasteiger partial charge in [-0.15, -0.1) is 0 Å². The number of sulfonamides is 2. The fraction of sp³-hybridized carbons (Fsp3) is 0.400. The molecule has 186 valence electrons. The molecule has 0 aliphatic rings. The van der Waals surface area contributed by atoms with Crippen LogP contribution in [0.2, 0.25) is 0 Å². The van der Waals surface area contributed by atoms with E-state index in [9.17, 15) is 21.6 Å². The molecule has 0 aromatic heterocycles. The summed E-state index contributed by atoms with van der Waals surface area (Å²) in [5.74, 6) is -0.660. The van der Waals surface area contributed by atoms with Crippen molar-refractivity contribution in [3.63, 3.8) is 0 Å². The lowest BCUT2D eigenvalue weighted by atomic mass is 10.1. The summed E-state index contributed by atoms with van der Waals surface area (Å²) in [6.07, 6.45) is 7.12. The normalized spacial score (nSPS) is 13.3. The molecule has 7 nitrogen and oxygen atoms in total. The fourth-order valence-corrected chi connectivity index (χ4v) is 7.52. The van der Waals surface area contributed by atoms with Gasteiger partial charge in [-0.05, 0) is 37.6 Å².